The predicted octanol–water partition coefficient (Wildman–Crippen LogP) is 3.14. The molecule has 1 saturated heterocycles. The lowest BCUT2D eigenvalue weighted by atomic mass is 10.1. The molecule has 1 atom stereocenters. The summed E-state index contributed by atoms with van der Waals surface area (Å²) in [5.41, 5.74) is 8.49. The van der Waals surface area contributed by atoms with Gasteiger partial charge in [-0.05, 0) is 25.5 Å². The van der Waals surface area contributed by atoms with Crippen LogP contribution < -0.4 is 5.73 Å². The van der Waals surface area contributed by atoms with E-state index in [0.717, 1.165) is 29.2 Å². The minimum atomic E-state index is 0. The fraction of sp³-hybridized carbons (Fsp3) is 0.333. The van der Waals surface area contributed by atoms with Crippen molar-refractivity contribution in [3.63, 3.8) is 0 Å². The quantitative estimate of drug-likeness (QED) is 0.895. The average molecular weight is 360 g/mol. The highest BCUT2D eigenvalue weighted by Gasteiger charge is 2.24. The lowest BCUT2D eigenvalue weighted by Crippen LogP contribution is -2.31. The molecule has 0 saturated carbocycles. The van der Waals surface area contributed by atoms with Gasteiger partial charge in [0.05, 0.1) is 10.7 Å². The summed E-state index contributed by atoms with van der Waals surface area (Å²) >= 11 is 1.62. The number of hydrogen-bond donors (Lipinski definition) is 1. The molecule has 0 spiro atoms. The molecule has 4 nitrogen and oxygen atoms in total. The molecule has 0 unspecified atom stereocenters. The van der Waals surface area contributed by atoms with Crippen molar-refractivity contribution in [2.24, 2.45) is 5.73 Å². The maximum absolute atomic E-state index is 12.4. The van der Waals surface area contributed by atoms with Crippen LogP contribution in [0.15, 0.2) is 29.6 Å². The van der Waals surface area contributed by atoms with Crippen LogP contribution >= 0.6 is 36.2 Å². The molecule has 1 aliphatic rings. The molecule has 2 aromatic rings. The van der Waals surface area contributed by atoms with E-state index in [1.165, 1.54) is 0 Å². The number of thiazole rings is 1. The number of likely N-dealkylation sites (tertiary alicyclic amines) is 1. The van der Waals surface area contributed by atoms with Crippen molar-refractivity contribution < 1.29 is 4.79 Å². The number of hydrogen-bond acceptors (Lipinski definition) is 4. The Kier molecular flexibility index (Phi) is 6.81. The Morgan fingerprint density at radius 2 is 2.18 bits per heavy atom. The minimum absolute atomic E-state index is 0. The Hall–Kier alpha value is -1.14. The van der Waals surface area contributed by atoms with Crippen molar-refractivity contribution in [3.8, 4) is 11.3 Å². The van der Waals surface area contributed by atoms with Crippen LogP contribution in [0, 0.1) is 6.92 Å². The predicted molar refractivity (Wildman–Crippen MR) is 95.3 cm³/mol. The molecule has 3 rings (SSSR count). The first-order valence-corrected chi connectivity index (χ1v) is 7.59. The van der Waals surface area contributed by atoms with Crippen molar-refractivity contribution in [2.75, 3.05) is 13.1 Å². The van der Waals surface area contributed by atoms with E-state index in [9.17, 15) is 4.79 Å². The van der Waals surface area contributed by atoms with Gasteiger partial charge in [0.2, 0.25) is 0 Å². The van der Waals surface area contributed by atoms with Gasteiger partial charge < -0.3 is 10.6 Å². The molecule has 22 heavy (non-hydrogen) atoms. The fourth-order valence-corrected chi connectivity index (χ4v) is 3.08. The number of nitrogens with zero attached hydrogens (tertiary/aromatic N) is 2. The van der Waals surface area contributed by atoms with Crippen LogP contribution in [-0.4, -0.2) is 34.9 Å². The standard InChI is InChI=1S/C15H17N3OS.2ClH/c1-10-17-14(9-20-10)11-3-2-4-12(7-11)15(19)18-6-5-13(16)8-18;;/h2-4,7,9,13H,5-6,8,16H2,1H3;2*1H/t13-;;/m1../s1. The first-order valence-electron chi connectivity index (χ1n) is 6.71. The van der Waals surface area contributed by atoms with Gasteiger partial charge in [-0.25, -0.2) is 4.98 Å². The third-order valence-electron chi connectivity index (χ3n) is 3.54. The Labute approximate surface area is 146 Å². The Morgan fingerprint density at radius 1 is 1.41 bits per heavy atom. The molecule has 120 valence electrons. The van der Waals surface area contributed by atoms with E-state index >= 15 is 0 Å². The summed E-state index contributed by atoms with van der Waals surface area (Å²) in [4.78, 5) is 18.7. The summed E-state index contributed by atoms with van der Waals surface area (Å²) < 4.78 is 0. The molecule has 7 heteroatoms. The number of carbonyl (C=O) groups excluding carboxylic acids is 1. The second-order valence-electron chi connectivity index (χ2n) is 5.13. The summed E-state index contributed by atoms with van der Waals surface area (Å²) in [5.74, 6) is 0.0618. The zero-order valence-corrected chi connectivity index (χ0v) is 14.6. The smallest absolute Gasteiger partial charge is 0.253 e. The maximum atomic E-state index is 12.4. The highest BCUT2D eigenvalue weighted by atomic mass is 35.5. The van der Waals surface area contributed by atoms with Crippen LogP contribution in [0.25, 0.3) is 11.3 Å². The lowest BCUT2D eigenvalue weighted by molar-refractivity contribution is 0.0791. The number of nitrogens with two attached hydrogens (primary N) is 1. The SMILES string of the molecule is Cc1nc(-c2cccc(C(=O)N3CC[C@@H](N)C3)c2)cs1.Cl.Cl. The van der Waals surface area contributed by atoms with E-state index in [0.29, 0.717) is 12.1 Å². The van der Waals surface area contributed by atoms with Crippen LogP contribution in [0.5, 0.6) is 0 Å². The summed E-state index contributed by atoms with van der Waals surface area (Å²) in [6, 6.07) is 7.78. The molecule has 1 aliphatic heterocycles. The van der Waals surface area contributed by atoms with Crippen LogP contribution in [0.2, 0.25) is 0 Å². The molecule has 1 aromatic heterocycles. The fourth-order valence-electron chi connectivity index (χ4n) is 2.46. The zero-order valence-electron chi connectivity index (χ0n) is 12.2. The highest BCUT2D eigenvalue weighted by molar-refractivity contribution is 7.09. The van der Waals surface area contributed by atoms with Gasteiger partial charge in [-0.1, -0.05) is 12.1 Å². The van der Waals surface area contributed by atoms with E-state index < -0.39 is 0 Å². The number of halogens is 2. The molecule has 2 N–H and O–H groups in total. The molecule has 1 aromatic carbocycles. The zero-order chi connectivity index (χ0) is 14.1. The van der Waals surface area contributed by atoms with Crippen molar-refractivity contribution >= 4 is 42.1 Å². The van der Waals surface area contributed by atoms with E-state index in [1.807, 2.05) is 41.5 Å². The number of benzene rings is 1. The number of rotatable bonds is 2. The molecule has 0 radical (unpaired) electrons. The van der Waals surface area contributed by atoms with Gasteiger partial charge >= 0.3 is 0 Å². The summed E-state index contributed by atoms with van der Waals surface area (Å²) in [5, 5.41) is 3.05. The lowest BCUT2D eigenvalue weighted by Gasteiger charge is -2.16. The second-order valence-corrected chi connectivity index (χ2v) is 6.19. The summed E-state index contributed by atoms with van der Waals surface area (Å²) in [6.45, 7) is 3.38. The number of carbonyl (C=O) groups is 1. The summed E-state index contributed by atoms with van der Waals surface area (Å²) in [6.07, 6.45) is 0.886. The Bertz CT molecular complexity index is 647. The third kappa shape index (κ3) is 3.98. The van der Waals surface area contributed by atoms with Crippen LogP contribution in [0.3, 0.4) is 0 Å². The number of aryl methyl sites for hydroxylation is 1. The molecule has 0 bridgehead atoms. The molecule has 0 aliphatic carbocycles. The van der Waals surface area contributed by atoms with Crippen molar-refractivity contribution in [1.82, 2.24) is 9.88 Å². The average Bonchev–Trinajstić information content (AvgIpc) is 3.07. The van der Waals surface area contributed by atoms with Gasteiger partial charge in [0.15, 0.2) is 0 Å². The molecular weight excluding hydrogens is 341 g/mol. The van der Waals surface area contributed by atoms with Gasteiger partial charge in [-0.15, -0.1) is 36.2 Å². The van der Waals surface area contributed by atoms with Crippen molar-refractivity contribution in [3.05, 3.63) is 40.2 Å². The van der Waals surface area contributed by atoms with Gasteiger partial charge in [-0.3, -0.25) is 4.79 Å². The first-order chi connectivity index (χ1) is 9.63. The normalized spacial score (nSPS) is 16.8. The monoisotopic (exact) mass is 359 g/mol. The van der Waals surface area contributed by atoms with Crippen LogP contribution in [0.4, 0.5) is 0 Å². The molecule has 1 amide bonds. The van der Waals surface area contributed by atoms with Crippen molar-refractivity contribution in [1.29, 1.82) is 0 Å². The van der Waals surface area contributed by atoms with Gasteiger partial charge in [0.1, 0.15) is 0 Å². The first kappa shape index (κ1) is 18.9. The third-order valence-corrected chi connectivity index (χ3v) is 4.31. The van der Waals surface area contributed by atoms with E-state index in [2.05, 4.69) is 4.98 Å². The van der Waals surface area contributed by atoms with Crippen LogP contribution in [0.1, 0.15) is 21.8 Å². The number of amides is 1. The van der Waals surface area contributed by atoms with E-state index in [-0.39, 0.29) is 36.8 Å². The molecule has 1 fully saturated rings. The maximum Gasteiger partial charge on any atom is 0.253 e. The van der Waals surface area contributed by atoms with E-state index in [4.69, 9.17) is 5.73 Å². The highest BCUT2D eigenvalue weighted by Crippen LogP contribution is 2.23. The van der Waals surface area contributed by atoms with Crippen molar-refractivity contribution in [2.45, 2.75) is 19.4 Å². The summed E-state index contributed by atoms with van der Waals surface area (Å²) in [7, 11) is 0. The number of aromatic nitrogens is 1. The molecular formula is C15H19Cl2N3OS. The molecule has 2 heterocycles. The van der Waals surface area contributed by atoms with E-state index in [1.54, 1.807) is 11.3 Å². The largest absolute Gasteiger partial charge is 0.337 e. The van der Waals surface area contributed by atoms with Crippen LogP contribution in [-0.2, 0) is 0 Å². The van der Waals surface area contributed by atoms with Gasteiger partial charge in [0, 0.05) is 35.6 Å². The van der Waals surface area contributed by atoms with Gasteiger partial charge in [0.25, 0.3) is 5.91 Å². The topological polar surface area (TPSA) is 59.2 Å². The second kappa shape index (κ2) is 7.92. The minimum Gasteiger partial charge on any atom is -0.337 e. The Balaban J connectivity index is 0.00000121. The Morgan fingerprint density at radius 3 is 2.77 bits per heavy atom. The van der Waals surface area contributed by atoms with Gasteiger partial charge in [-0.2, -0.15) is 0 Å².